The molecule has 1 amide bonds. The fraction of sp³-hybridized carbons (Fsp3) is 0.385. The molecule has 1 aromatic rings. The highest BCUT2D eigenvalue weighted by Crippen LogP contribution is 2.48. The van der Waals surface area contributed by atoms with Gasteiger partial charge < -0.3 is 10.2 Å². The van der Waals surface area contributed by atoms with Crippen molar-refractivity contribution in [3.63, 3.8) is 0 Å². The summed E-state index contributed by atoms with van der Waals surface area (Å²) in [5, 5.41) is 19.8. The number of aliphatic carboxylic acids is 1. The quantitative estimate of drug-likeness (QED) is 0.852. The van der Waals surface area contributed by atoms with Crippen LogP contribution < -0.4 is 5.01 Å². The molecule has 8 nitrogen and oxygen atoms in total. The smallest absolute Gasteiger partial charge is 0.427 e. The minimum atomic E-state index is -3.34. The predicted octanol–water partition coefficient (Wildman–Crippen LogP) is 1.72. The van der Waals surface area contributed by atoms with Gasteiger partial charge in [-0.1, -0.05) is 0 Å². The largest absolute Gasteiger partial charge is 0.479 e. The molecule has 0 saturated carbocycles. The molecular formula is C13H12F2N4O4. The number of carbonyl (C=O) groups is 2. The molecule has 0 fully saturated rings. The summed E-state index contributed by atoms with van der Waals surface area (Å²) in [5.41, 5.74) is -0.735. The third-order valence-corrected chi connectivity index (χ3v) is 3.79. The third kappa shape index (κ3) is 2.26. The Morgan fingerprint density at radius 2 is 2.04 bits per heavy atom. The summed E-state index contributed by atoms with van der Waals surface area (Å²) < 4.78 is 28.8. The minimum absolute atomic E-state index is 0.0807. The lowest BCUT2D eigenvalue weighted by Crippen LogP contribution is -2.51. The second-order valence-corrected chi connectivity index (χ2v) is 5.18. The zero-order valence-corrected chi connectivity index (χ0v) is 11.7. The van der Waals surface area contributed by atoms with Gasteiger partial charge >= 0.3 is 12.1 Å². The molecule has 1 atom stereocenters. The number of anilines is 1. The van der Waals surface area contributed by atoms with Crippen LogP contribution >= 0.6 is 0 Å². The Hall–Kier alpha value is -2.78. The van der Waals surface area contributed by atoms with Crippen molar-refractivity contribution in [2.45, 2.75) is 31.2 Å². The van der Waals surface area contributed by atoms with Gasteiger partial charge in [0.25, 0.3) is 5.92 Å². The standard InChI is InChI=1S/C13H12F2N4O4/c14-13(15)3-1-2-7-9(11(20)21)19(12(22)23)18(10(7)13)8-6-16-4-5-17-8/h4-6,9H,1-3H2,(H,20,21)(H,22,23). The Bertz CT molecular complexity index is 694. The van der Waals surface area contributed by atoms with Crippen molar-refractivity contribution >= 4 is 17.9 Å². The number of rotatable bonds is 2. The Morgan fingerprint density at radius 3 is 2.61 bits per heavy atom. The number of aromatic nitrogens is 2. The highest BCUT2D eigenvalue weighted by atomic mass is 19.3. The van der Waals surface area contributed by atoms with Crippen molar-refractivity contribution in [3.8, 4) is 0 Å². The lowest BCUT2D eigenvalue weighted by molar-refractivity contribution is -0.140. The number of halogens is 2. The van der Waals surface area contributed by atoms with Gasteiger partial charge in [-0.15, -0.1) is 0 Å². The van der Waals surface area contributed by atoms with Crippen LogP contribution in [0, 0.1) is 0 Å². The molecule has 0 bridgehead atoms. The Kier molecular flexibility index (Phi) is 3.38. The van der Waals surface area contributed by atoms with E-state index in [9.17, 15) is 28.6 Å². The number of allylic oxidation sites excluding steroid dienone is 1. The van der Waals surface area contributed by atoms with Gasteiger partial charge in [-0.3, -0.25) is 4.98 Å². The average Bonchev–Trinajstić information content (AvgIpc) is 2.85. The van der Waals surface area contributed by atoms with Crippen LogP contribution in [0.2, 0.25) is 0 Å². The first-order chi connectivity index (χ1) is 10.8. The molecule has 2 heterocycles. The summed E-state index contributed by atoms with van der Waals surface area (Å²) in [6, 6.07) is -1.70. The summed E-state index contributed by atoms with van der Waals surface area (Å²) >= 11 is 0. The fourth-order valence-corrected chi connectivity index (χ4v) is 2.98. The highest BCUT2D eigenvalue weighted by molar-refractivity contribution is 5.87. The molecule has 0 spiro atoms. The molecule has 0 saturated heterocycles. The van der Waals surface area contributed by atoms with Crippen molar-refractivity contribution in [3.05, 3.63) is 29.9 Å². The van der Waals surface area contributed by atoms with Crippen molar-refractivity contribution in [1.29, 1.82) is 0 Å². The minimum Gasteiger partial charge on any atom is -0.479 e. The van der Waals surface area contributed by atoms with Crippen LogP contribution in [0.25, 0.3) is 0 Å². The van der Waals surface area contributed by atoms with Crippen molar-refractivity contribution in [1.82, 2.24) is 15.0 Å². The topological polar surface area (TPSA) is 107 Å². The molecule has 1 aromatic heterocycles. The maximum Gasteiger partial charge on any atom is 0.427 e. The number of alkyl halides is 2. The normalized spacial score (nSPS) is 23.0. The number of hydrazine groups is 1. The van der Waals surface area contributed by atoms with E-state index in [2.05, 4.69) is 9.97 Å². The number of carboxylic acids is 1. The van der Waals surface area contributed by atoms with Gasteiger partial charge in [-0.05, 0) is 18.4 Å². The van der Waals surface area contributed by atoms with E-state index in [-0.39, 0.29) is 24.2 Å². The highest BCUT2D eigenvalue weighted by Gasteiger charge is 2.56. The maximum absolute atomic E-state index is 14.4. The molecule has 1 aliphatic heterocycles. The molecule has 10 heteroatoms. The number of nitrogens with zero attached hydrogens (tertiary/aromatic N) is 4. The van der Waals surface area contributed by atoms with E-state index in [1.54, 1.807) is 0 Å². The Morgan fingerprint density at radius 1 is 1.30 bits per heavy atom. The van der Waals surface area contributed by atoms with E-state index < -0.39 is 36.1 Å². The Balaban J connectivity index is 2.23. The summed E-state index contributed by atoms with van der Waals surface area (Å²) in [5.74, 6) is -5.03. The van der Waals surface area contributed by atoms with E-state index in [1.807, 2.05) is 0 Å². The second kappa shape index (κ2) is 5.14. The van der Waals surface area contributed by atoms with Crippen molar-refractivity contribution in [2.24, 2.45) is 0 Å². The van der Waals surface area contributed by atoms with Gasteiger partial charge in [-0.2, -0.15) is 13.8 Å². The molecule has 0 aromatic carbocycles. The van der Waals surface area contributed by atoms with Gasteiger partial charge in [0.05, 0.1) is 6.20 Å². The van der Waals surface area contributed by atoms with Gasteiger partial charge in [0, 0.05) is 18.8 Å². The number of hydrogen-bond acceptors (Lipinski definition) is 5. The molecule has 122 valence electrons. The van der Waals surface area contributed by atoms with Crippen LogP contribution in [-0.4, -0.2) is 49.2 Å². The van der Waals surface area contributed by atoms with E-state index in [0.29, 0.717) is 10.0 Å². The third-order valence-electron chi connectivity index (χ3n) is 3.79. The van der Waals surface area contributed by atoms with Crippen molar-refractivity contribution in [2.75, 3.05) is 5.01 Å². The molecule has 2 N–H and O–H groups in total. The Labute approximate surface area is 128 Å². The van der Waals surface area contributed by atoms with Gasteiger partial charge in [-0.25, -0.2) is 19.6 Å². The molecule has 2 aliphatic rings. The molecular weight excluding hydrogens is 314 g/mol. The summed E-state index contributed by atoms with van der Waals surface area (Å²) in [4.78, 5) is 30.6. The predicted molar refractivity (Wildman–Crippen MR) is 71.6 cm³/mol. The van der Waals surface area contributed by atoms with Crippen LogP contribution in [-0.2, 0) is 4.79 Å². The average molecular weight is 326 g/mol. The molecule has 1 unspecified atom stereocenters. The summed E-state index contributed by atoms with van der Waals surface area (Å²) in [6.45, 7) is 0. The first-order valence-corrected chi connectivity index (χ1v) is 6.77. The first-order valence-electron chi connectivity index (χ1n) is 6.77. The van der Waals surface area contributed by atoms with Gasteiger partial charge in [0.2, 0.25) is 0 Å². The molecule has 1 aliphatic carbocycles. The number of amides is 1. The van der Waals surface area contributed by atoms with E-state index in [1.165, 1.54) is 12.4 Å². The van der Waals surface area contributed by atoms with Gasteiger partial charge in [0.15, 0.2) is 11.9 Å². The first kappa shape index (κ1) is 15.1. The van der Waals surface area contributed by atoms with Crippen LogP contribution in [0.4, 0.5) is 19.4 Å². The fourth-order valence-electron chi connectivity index (χ4n) is 2.98. The van der Waals surface area contributed by atoms with Crippen LogP contribution in [0.3, 0.4) is 0 Å². The van der Waals surface area contributed by atoms with Crippen LogP contribution in [0.1, 0.15) is 19.3 Å². The van der Waals surface area contributed by atoms with Gasteiger partial charge in [0.1, 0.15) is 5.70 Å². The van der Waals surface area contributed by atoms with Crippen LogP contribution in [0.5, 0.6) is 0 Å². The summed E-state index contributed by atoms with van der Waals surface area (Å²) in [7, 11) is 0. The van der Waals surface area contributed by atoms with E-state index in [0.717, 1.165) is 6.20 Å². The zero-order chi connectivity index (χ0) is 16.8. The van der Waals surface area contributed by atoms with Crippen molar-refractivity contribution < 1.29 is 28.6 Å². The summed E-state index contributed by atoms with van der Waals surface area (Å²) in [6.07, 6.45) is 1.64. The second-order valence-electron chi connectivity index (χ2n) is 5.18. The van der Waals surface area contributed by atoms with Crippen LogP contribution in [0.15, 0.2) is 29.9 Å². The van der Waals surface area contributed by atoms with E-state index in [4.69, 9.17) is 0 Å². The molecule has 23 heavy (non-hydrogen) atoms. The zero-order valence-electron chi connectivity index (χ0n) is 11.7. The lowest BCUT2D eigenvalue weighted by Gasteiger charge is -2.33. The molecule has 3 rings (SSSR count). The maximum atomic E-state index is 14.4. The van der Waals surface area contributed by atoms with E-state index >= 15 is 0 Å². The SMILES string of the molecule is O=C(O)C1C2=C(N(c3cnccn3)N1C(=O)O)C(F)(F)CCC2. The number of hydrogen-bond donors (Lipinski definition) is 2. The monoisotopic (exact) mass is 326 g/mol. The molecule has 0 radical (unpaired) electrons. The number of carboxylic acid groups (broad SMARTS) is 2. The lowest BCUT2D eigenvalue weighted by atomic mass is 9.90.